The zero-order valence-corrected chi connectivity index (χ0v) is 12.4. The average Bonchev–Trinajstić information content (AvgIpc) is 2.96. The van der Waals surface area contributed by atoms with Gasteiger partial charge in [-0.15, -0.1) is 0 Å². The maximum atomic E-state index is 12.6. The van der Waals surface area contributed by atoms with E-state index in [2.05, 4.69) is 17.6 Å². The Labute approximate surface area is 120 Å². The highest BCUT2D eigenvalue weighted by molar-refractivity contribution is 5.96. The second-order valence-electron chi connectivity index (χ2n) is 5.41. The Kier molecular flexibility index (Phi) is 5.15. The van der Waals surface area contributed by atoms with Gasteiger partial charge in [-0.05, 0) is 37.4 Å². The summed E-state index contributed by atoms with van der Waals surface area (Å²) >= 11 is 0. The Balaban J connectivity index is 2.11. The molecule has 110 valence electrons. The normalized spacial score (nSPS) is 21.9. The van der Waals surface area contributed by atoms with Crippen molar-refractivity contribution < 1.29 is 9.53 Å². The van der Waals surface area contributed by atoms with Crippen molar-refractivity contribution >= 4 is 11.6 Å². The number of nitrogens with one attached hydrogen (secondary N) is 2. The van der Waals surface area contributed by atoms with E-state index >= 15 is 0 Å². The first-order chi connectivity index (χ1) is 9.72. The Morgan fingerprint density at radius 2 is 2.25 bits per heavy atom. The largest absolute Gasteiger partial charge is 0.384 e. The monoisotopic (exact) mass is 276 g/mol. The highest BCUT2D eigenvalue weighted by Crippen LogP contribution is 2.31. The molecule has 1 atom stereocenters. The molecule has 1 unspecified atom stereocenters. The minimum atomic E-state index is -0.256. The van der Waals surface area contributed by atoms with Gasteiger partial charge < -0.3 is 15.4 Å². The van der Waals surface area contributed by atoms with Crippen LogP contribution in [0.15, 0.2) is 24.3 Å². The number of carbonyl (C=O) groups is 1. The summed E-state index contributed by atoms with van der Waals surface area (Å²) in [5.74, 6) is 0.134. The number of amides is 1. The highest BCUT2D eigenvalue weighted by atomic mass is 16.5. The summed E-state index contributed by atoms with van der Waals surface area (Å²) in [6.07, 6.45) is 2.59. The quantitative estimate of drug-likeness (QED) is 0.837. The molecule has 1 aliphatic heterocycles. The van der Waals surface area contributed by atoms with E-state index in [1.165, 1.54) is 0 Å². The summed E-state index contributed by atoms with van der Waals surface area (Å²) in [6, 6.07) is 7.96. The maximum absolute atomic E-state index is 12.6. The Morgan fingerprint density at radius 1 is 1.45 bits per heavy atom. The van der Waals surface area contributed by atoms with Crippen molar-refractivity contribution in [1.29, 1.82) is 0 Å². The van der Waals surface area contributed by atoms with Crippen molar-refractivity contribution in [3.63, 3.8) is 0 Å². The Bertz CT molecular complexity index is 454. The molecule has 1 saturated heterocycles. The molecule has 1 fully saturated rings. The molecule has 4 heteroatoms. The number of hydrogen-bond donors (Lipinski definition) is 2. The molecule has 20 heavy (non-hydrogen) atoms. The van der Waals surface area contributed by atoms with Crippen molar-refractivity contribution in [3.8, 4) is 0 Å². The summed E-state index contributed by atoms with van der Waals surface area (Å²) in [4.78, 5) is 12.6. The lowest BCUT2D eigenvalue weighted by molar-refractivity contribution is -0.124. The van der Waals surface area contributed by atoms with Crippen LogP contribution in [0.3, 0.4) is 0 Å². The summed E-state index contributed by atoms with van der Waals surface area (Å²) in [6.45, 7) is 4.44. The predicted molar refractivity (Wildman–Crippen MR) is 80.9 cm³/mol. The van der Waals surface area contributed by atoms with Crippen LogP contribution in [0.1, 0.15) is 25.3 Å². The molecule has 0 spiro atoms. The third-order valence-corrected chi connectivity index (χ3v) is 4.24. The van der Waals surface area contributed by atoms with E-state index in [0.29, 0.717) is 6.61 Å². The maximum Gasteiger partial charge on any atom is 0.231 e. The standard InChI is InChI=1S/C16H24N2O2/c1-3-16(9-10-17-12-16)15(19)18-14-7-5-4-6-13(14)8-11-20-2/h4-7,17H,3,8-12H2,1-2H3,(H,18,19). The molecule has 0 aliphatic carbocycles. The topological polar surface area (TPSA) is 50.4 Å². The number of anilines is 1. The summed E-state index contributed by atoms with van der Waals surface area (Å²) in [7, 11) is 1.69. The van der Waals surface area contributed by atoms with Crippen LogP contribution in [-0.4, -0.2) is 32.7 Å². The third kappa shape index (κ3) is 3.19. The van der Waals surface area contributed by atoms with E-state index in [4.69, 9.17) is 4.74 Å². The number of para-hydroxylation sites is 1. The summed E-state index contributed by atoms with van der Waals surface area (Å²) < 4.78 is 5.12. The van der Waals surface area contributed by atoms with E-state index in [1.807, 2.05) is 24.3 Å². The van der Waals surface area contributed by atoms with Crippen LogP contribution >= 0.6 is 0 Å². The minimum absolute atomic E-state index is 0.134. The SMILES string of the molecule is CCC1(C(=O)Nc2ccccc2CCOC)CCNC1. The van der Waals surface area contributed by atoms with Gasteiger partial charge >= 0.3 is 0 Å². The first kappa shape index (κ1) is 15.0. The first-order valence-electron chi connectivity index (χ1n) is 7.31. The van der Waals surface area contributed by atoms with Gasteiger partial charge in [0.15, 0.2) is 0 Å². The molecule has 1 aliphatic rings. The van der Waals surface area contributed by atoms with Crippen molar-refractivity contribution in [1.82, 2.24) is 5.32 Å². The van der Waals surface area contributed by atoms with Gasteiger partial charge in [0.1, 0.15) is 0 Å². The molecule has 0 aromatic heterocycles. The molecular formula is C16H24N2O2. The van der Waals surface area contributed by atoms with E-state index in [1.54, 1.807) is 7.11 Å². The van der Waals surface area contributed by atoms with Crippen molar-refractivity contribution in [2.75, 3.05) is 32.1 Å². The molecule has 0 radical (unpaired) electrons. The Hall–Kier alpha value is -1.39. The molecule has 2 rings (SSSR count). The van der Waals surface area contributed by atoms with Crippen LogP contribution in [0, 0.1) is 5.41 Å². The molecule has 4 nitrogen and oxygen atoms in total. The highest BCUT2D eigenvalue weighted by Gasteiger charge is 2.39. The molecule has 1 aromatic rings. The number of methoxy groups -OCH3 is 1. The molecule has 1 heterocycles. The van der Waals surface area contributed by atoms with Crippen LogP contribution in [0.2, 0.25) is 0 Å². The van der Waals surface area contributed by atoms with E-state index in [0.717, 1.165) is 43.6 Å². The van der Waals surface area contributed by atoms with Gasteiger partial charge in [0, 0.05) is 19.3 Å². The van der Waals surface area contributed by atoms with E-state index in [-0.39, 0.29) is 11.3 Å². The fourth-order valence-electron chi connectivity index (χ4n) is 2.73. The van der Waals surface area contributed by atoms with E-state index < -0.39 is 0 Å². The fraction of sp³-hybridized carbons (Fsp3) is 0.562. The van der Waals surface area contributed by atoms with Gasteiger partial charge in [-0.3, -0.25) is 4.79 Å². The lowest BCUT2D eigenvalue weighted by Crippen LogP contribution is -2.37. The third-order valence-electron chi connectivity index (χ3n) is 4.24. The van der Waals surface area contributed by atoms with Gasteiger partial charge in [0.25, 0.3) is 0 Å². The molecular weight excluding hydrogens is 252 g/mol. The number of carbonyl (C=O) groups excluding carboxylic acids is 1. The zero-order chi connectivity index (χ0) is 14.4. The minimum Gasteiger partial charge on any atom is -0.384 e. The zero-order valence-electron chi connectivity index (χ0n) is 12.4. The number of rotatable bonds is 6. The second kappa shape index (κ2) is 6.86. The Morgan fingerprint density at radius 3 is 2.90 bits per heavy atom. The van der Waals surface area contributed by atoms with Gasteiger partial charge in [-0.25, -0.2) is 0 Å². The molecule has 1 aromatic carbocycles. The predicted octanol–water partition coefficient (Wildman–Crippen LogP) is 2.20. The number of hydrogen-bond acceptors (Lipinski definition) is 3. The number of ether oxygens (including phenoxy) is 1. The van der Waals surface area contributed by atoms with Crippen LogP contribution < -0.4 is 10.6 Å². The summed E-state index contributed by atoms with van der Waals surface area (Å²) in [5, 5.41) is 6.42. The lowest BCUT2D eigenvalue weighted by atomic mass is 9.83. The van der Waals surface area contributed by atoms with Crippen LogP contribution in [0.5, 0.6) is 0 Å². The molecule has 2 N–H and O–H groups in total. The van der Waals surface area contributed by atoms with Crippen molar-refractivity contribution in [2.45, 2.75) is 26.2 Å². The van der Waals surface area contributed by atoms with Crippen molar-refractivity contribution in [2.24, 2.45) is 5.41 Å². The molecule has 1 amide bonds. The smallest absolute Gasteiger partial charge is 0.231 e. The second-order valence-corrected chi connectivity index (χ2v) is 5.41. The number of benzene rings is 1. The molecule has 0 bridgehead atoms. The van der Waals surface area contributed by atoms with Gasteiger partial charge in [-0.2, -0.15) is 0 Å². The fourth-order valence-corrected chi connectivity index (χ4v) is 2.73. The van der Waals surface area contributed by atoms with Gasteiger partial charge in [0.2, 0.25) is 5.91 Å². The van der Waals surface area contributed by atoms with Gasteiger partial charge in [-0.1, -0.05) is 25.1 Å². The lowest BCUT2D eigenvalue weighted by Gasteiger charge is -2.26. The van der Waals surface area contributed by atoms with Crippen LogP contribution in [0.25, 0.3) is 0 Å². The van der Waals surface area contributed by atoms with Crippen LogP contribution in [-0.2, 0) is 16.0 Å². The summed E-state index contributed by atoms with van der Waals surface area (Å²) in [5.41, 5.74) is 1.78. The molecule has 0 saturated carbocycles. The van der Waals surface area contributed by atoms with Gasteiger partial charge in [0.05, 0.1) is 12.0 Å². The average molecular weight is 276 g/mol. The van der Waals surface area contributed by atoms with Crippen LogP contribution in [0.4, 0.5) is 5.69 Å². The van der Waals surface area contributed by atoms with E-state index in [9.17, 15) is 4.79 Å². The first-order valence-corrected chi connectivity index (χ1v) is 7.31. The van der Waals surface area contributed by atoms with Crippen molar-refractivity contribution in [3.05, 3.63) is 29.8 Å².